The van der Waals surface area contributed by atoms with Gasteiger partial charge in [-0.15, -0.1) is 4.99 Å². The highest BCUT2D eigenvalue weighted by Crippen LogP contribution is 2.36. The molecule has 3 atom stereocenters. The summed E-state index contributed by atoms with van der Waals surface area (Å²) >= 11 is 1.11. The number of fused-ring (bicyclic) bond motifs is 1. The maximum atomic E-state index is 13.5. The molecule has 1 aliphatic heterocycles. The highest BCUT2D eigenvalue weighted by Gasteiger charge is 2.39. The van der Waals surface area contributed by atoms with E-state index in [-0.39, 0.29) is 48.0 Å². The Morgan fingerprint density at radius 2 is 1.62 bits per heavy atom. The smallest absolute Gasteiger partial charge is 0.327 e. The van der Waals surface area contributed by atoms with Crippen molar-refractivity contribution >= 4 is 58.8 Å². The van der Waals surface area contributed by atoms with E-state index >= 15 is 0 Å². The average Bonchev–Trinajstić information content (AvgIpc) is 3.37. The van der Waals surface area contributed by atoms with Crippen molar-refractivity contribution in [2.24, 2.45) is 10.4 Å². The maximum Gasteiger partial charge on any atom is 0.327 e. The number of nitrogens with zero attached hydrogens (tertiary/aromatic N) is 3. The molecule has 2 aromatic rings. The zero-order valence-electron chi connectivity index (χ0n) is 26.9. The van der Waals surface area contributed by atoms with E-state index in [9.17, 15) is 39.3 Å². The fraction of sp³-hybridized carbons (Fsp3) is 0.406. The second-order valence-electron chi connectivity index (χ2n) is 12.3. The molecule has 3 amide bonds. The summed E-state index contributed by atoms with van der Waals surface area (Å²) in [7, 11) is 0. The zero-order valence-corrected chi connectivity index (χ0v) is 27.8. The van der Waals surface area contributed by atoms with Crippen molar-refractivity contribution in [1.82, 2.24) is 15.5 Å². The molecule has 256 valence electrons. The number of hydrogen-bond donors (Lipinski definition) is 7. The Morgan fingerprint density at radius 1 is 1.00 bits per heavy atom. The molecule has 3 unspecified atom stereocenters. The van der Waals surface area contributed by atoms with Crippen LogP contribution in [-0.4, -0.2) is 79.4 Å². The van der Waals surface area contributed by atoms with E-state index in [1.807, 2.05) is 20.8 Å². The van der Waals surface area contributed by atoms with Crippen molar-refractivity contribution in [3.05, 3.63) is 53.6 Å². The van der Waals surface area contributed by atoms with Crippen LogP contribution in [0.4, 0.5) is 11.4 Å². The number of guanidine groups is 1. The van der Waals surface area contributed by atoms with Gasteiger partial charge in [0.2, 0.25) is 29.9 Å². The number of nitriles is 1. The Balaban J connectivity index is 1.67. The minimum absolute atomic E-state index is 0.0475. The number of benzene rings is 2. The van der Waals surface area contributed by atoms with Gasteiger partial charge in [0.05, 0.1) is 0 Å². The summed E-state index contributed by atoms with van der Waals surface area (Å²) in [5.74, 6) is -3.74. The van der Waals surface area contributed by atoms with Crippen LogP contribution in [0.25, 0.3) is 0 Å². The molecule has 1 heterocycles. The number of anilines is 2. The summed E-state index contributed by atoms with van der Waals surface area (Å²) in [4.78, 5) is 67.0. The third-order valence-corrected chi connectivity index (χ3v) is 8.16. The van der Waals surface area contributed by atoms with E-state index in [2.05, 4.69) is 26.3 Å². The minimum Gasteiger partial charge on any atom is -0.508 e. The van der Waals surface area contributed by atoms with Gasteiger partial charge in [0.25, 0.3) is 0 Å². The number of phenols is 1. The summed E-state index contributed by atoms with van der Waals surface area (Å²) in [6.45, 7) is 6.94. The largest absolute Gasteiger partial charge is 0.508 e. The van der Waals surface area contributed by atoms with Gasteiger partial charge in [-0.1, -0.05) is 26.8 Å². The van der Waals surface area contributed by atoms with Crippen molar-refractivity contribution in [2.45, 2.75) is 65.2 Å². The maximum absolute atomic E-state index is 13.5. The van der Waals surface area contributed by atoms with E-state index < -0.39 is 47.8 Å². The van der Waals surface area contributed by atoms with Crippen LogP contribution in [0, 0.1) is 16.9 Å². The molecule has 48 heavy (non-hydrogen) atoms. The van der Waals surface area contributed by atoms with Gasteiger partial charge in [0.1, 0.15) is 23.9 Å². The number of nitrogens with one attached hydrogen (secondary N) is 4. The summed E-state index contributed by atoms with van der Waals surface area (Å²) in [5, 5.41) is 48.9. The van der Waals surface area contributed by atoms with Gasteiger partial charge in [-0.25, -0.2) is 9.59 Å². The molecule has 0 fully saturated rings. The number of carbonyl (C=O) groups excluding carboxylic acids is 3. The fourth-order valence-electron chi connectivity index (χ4n) is 4.87. The van der Waals surface area contributed by atoms with E-state index in [1.54, 1.807) is 36.5 Å². The summed E-state index contributed by atoms with van der Waals surface area (Å²) in [6.07, 6.45) is 1.89. The number of phenolic OH excluding ortho intramolecular Hbond substituents is 1. The highest BCUT2D eigenvalue weighted by molar-refractivity contribution is 7.99. The van der Waals surface area contributed by atoms with Crippen LogP contribution in [0.15, 0.2) is 47.5 Å². The molecule has 0 spiro atoms. The Kier molecular flexibility index (Phi) is 12.8. The van der Waals surface area contributed by atoms with Crippen LogP contribution in [0.2, 0.25) is 0 Å². The zero-order chi connectivity index (χ0) is 35.6. The molecule has 0 aliphatic carbocycles. The predicted molar refractivity (Wildman–Crippen MR) is 179 cm³/mol. The first kappa shape index (κ1) is 37.2. The quantitative estimate of drug-likeness (QED) is 0.0532. The normalized spacial score (nSPS) is 15.4. The number of carboxylic acid groups (broad SMARTS) is 2. The van der Waals surface area contributed by atoms with Gasteiger partial charge < -0.3 is 41.5 Å². The summed E-state index contributed by atoms with van der Waals surface area (Å²) < 4.78 is 0. The second-order valence-corrected chi connectivity index (χ2v) is 13.4. The van der Waals surface area contributed by atoms with Gasteiger partial charge >= 0.3 is 11.9 Å². The Morgan fingerprint density at radius 3 is 2.21 bits per heavy atom. The van der Waals surface area contributed by atoms with Crippen LogP contribution >= 0.6 is 11.8 Å². The van der Waals surface area contributed by atoms with Crippen molar-refractivity contribution in [3.8, 4) is 11.9 Å². The monoisotopic (exact) mass is 681 g/mol. The van der Waals surface area contributed by atoms with Crippen LogP contribution in [0.5, 0.6) is 5.75 Å². The molecular formula is C32H39N7O8S. The number of carbonyl (C=O) groups is 5. The number of hydrogen-bond acceptors (Lipinski definition) is 9. The van der Waals surface area contributed by atoms with Crippen LogP contribution < -0.4 is 21.3 Å². The molecule has 16 heteroatoms. The van der Waals surface area contributed by atoms with Gasteiger partial charge in [-0.3, -0.25) is 14.4 Å². The van der Waals surface area contributed by atoms with Crippen LogP contribution in [0.3, 0.4) is 0 Å². The Hall–Kier alpha value is -5.30. The third-order valence-electron chi connectivity index (χ3n) is 7.07. The summed E-state index contributed by atoms with van der Waals surface area (Å²) in [5.41, 5.74) is 1.82. The molecule has 2 aromatic carbocycles. The third kappa shape index (κ3) is 10.9. The van der Waals surface area contributed by atoms with E-state index in [1.165, 1.54) is 24.0 Å². The van der Waals surface area contributed by atoms with Crippen molar-refractivity contribution in [3.63, 3.8) is 0 Å². The van der Waals surface area contributed by atoms with Gasteiger partial charge in [-0.05, 0) is 65.1 Å². The number of thioether (sulfide) groups is 1. The predicted octanol–water partition coefficient (Wildman–Crippen LogP) is 2.85. The molecular weight excluding hydrogens is 642 g/mol. The lowest BCUT2D eigenvalue weighted by Crippen LogP contribution is -2.47. The molecule has 0 saturated carbocycles. The first-order valence-electron chi connectivity index (χ1n) is 14.9. The number of amides is 3. The first-order valence-corrected chi connectivity index (χ1v) is 16.1. The molecule has 0 bridgehead atoms. The number of aliphatic carboxylic acids is 2. The number of aromatic hydroxyl groups is 1. The lowest BCUT2D eigenvalue weighted by atomic mass is 9.92. The molecule has 0 radical (unpaired) electrons. The molecule has 0 saturated heterocycles. The second kappa shape index (κ2) is 16.5. The van der Waals surface area contributed by atoms with E-state index in [0.717, 1.165) is 11.8 Å². The molecule has 3 rings (SSSR count). The molecule has 0 aromatic heterocycles. The lowest BCUT2D eigenvalue weighted by molar-refractivity contribution is -0.143. The summed E-state index contributed by atoms with van der Waals surface area (Å²) in [6, 6.07) is 7.45. The van der Waals surface area contributed by atoms with Gasteiger partial charge in [0, 0.05) is 37.0 Å². The molecule has 1 aliphatic rings. The van der Waals surface area contributed by atoms with Crippen molar-refractivity contribution in [1.29, 1.82) is 5.26 Å². The molecule has 7 N–H and O–H groups in total. The number of aliphatic imine (C=N–C) groups is 1. The minimum atomic E-state index is -1.34. The Labute approximate surface area is 281 Å². The van der Waals surface area contributed by atoms with Crippen molar-refractivity contribution < 1.29 is 39.3 Å². The first-order chi connectivity index (χ1) is 22.6. The molecule has 15 nitrogen and oxygen atoms in total. The topological polar surface area (TPSA) is 234 Å². The van der Waals surface area contributed by atoms with E-state index in [0.29, 0.717) is 22.5 Å². The van der Waals surface area contributed by atoms with Crippen LogP contribution in [0.1, 0.15) is 57.7 Å². The number of carboxylic acids is 2. The number of rotatable bonds is 13. The van der Waals surface area contributed by atoms with Crippen molar-refractivity contribution in [2.75, 3.05) is 22.1 Å². The fourth-order valence-corrected chi connectivity index (χ4v) is 5.90. The average molecular weight is 682 g/mol. The van der Waals surface area contributed by atoms with E-state index in [4.69, 9.17) is 5.26 Å². The Bertz CT molecular complexity index is 1600. The van der Waals surface area contributed by atoms with Crippen LogP contribution in [-0.2, 0) is 30.5 Å². The SMILES string of the molecule is CC(=O)N1Cc2cc(NC(=NC#N)Nc3ccc(O)cc3)ccc2C1C(=O)NC(CSCCC(NC(=O)CC(C)(C)C)C(=O)O)C(=O)O. The lowest BCUT2D eigenvalue weighted by Gasteiger charge is -2.25. The highest BCUT2D eigenvalue weighted by atomic mass is 32.2. The standard InChI is InChI=1S/C32H39N7O8S/c1-18(40)39-15-19-13-21(36-31(34-17-33)35-20-5-8-22(41)9-6-20)7-10-23(19)27(39)28(43)38-25(30(46)47)16-48-12-11-24(29(44)45)37-26(42)14-32(2,3)4/h5-10,13,24-25,27,41H,11-12,14-16H2,1-4H3,(H,37,42)(H,38,43)(H,44,45)(H,46,47)(H2,34,35,36). The van der Waals surface area contributed by atoms with Gasteiger partial charge in [0.15, 0.2) is 0 Å². The van der Waals surface area contributed by atoms with Gasteiger partial charge in [-0.2, -0.15) is 17.0 Å².